The molecule has 41 heavy (non-hydrogen) atoms. The molecule has 4 aromatic rings. The van der Waals surface area contributed by atoms with Crippen molar-refractivity contribution in [1.82, 2.24) is 14.5 Å². The summed E-state index contributed by atoms with van der Waals surface area (Å²) < 4.78 is 33.1. The van der Waals surface area contributed by atoms with Crippen LogP contribution in [0.25, 0.3) is 27.7 Å². The number of para-hydroxylation sites is 1. The first-order valence-electron chi connectivity index (χ1n) is 13.2. The van der Waals surface area contributed by atoms with Gasteiger partial charge in [0, 0.05) is 37.1 Å². The maximum absolute atomic E-state index is 16.9. The number of phenolic OH excluding ortho intramolecular Hbond substituents is 1. The highest BCUT2D eigenvalue weighted by molar-refractivity contribution is 6.34. The zero-order valence-corrected chi connectivity index (χ0v) is 23.7. The maximum atomic E-state index is 16.9. The van der Waals surface area contributed by atoms with Gasteiger partial charge in [-0.25, -0.2) is 13.6 Å². The van der Waals surface area contributed by atoms with E-state index in [9.17, 15) is 14.7 Å². The number of halogens is 3. The molecule has 2 heterocycles. The highest BCUT2D eigenvalue weighted by Gasteiger charge is 2.29. The number of piperazine rings is 1. The van der Waals surface area contributed by atoms with E-state index in [1.165, 1.54) is 28.8 Å². The Morgan fingerprint density at radius 2 is 1.78 bits per heavy atom. The van der Waals surface area contributed by atoms with Gasteiger partial charge in [0.1, 0.15) is 17.4 Å². The number of hydrogen-bond donors (Lipinski definition) is 1. The van der Waals surface area contributed by atoms with Crippen LogP contribution in [0, 0.1) is 18.6 Å². The number of aromatic hydroxyl groups is 1. The Labute approximate surface area is 240 Å². The van der Waals surface area contributed by atoms with Crippen molar-refractivity contribution >= 4 is 34.2 Å². The summed E-state index contributed by atoms with van der Waals surface area (Å²) in [6, 6.07) is 10.6. The van der Waals surface area contributed by atoms with Crippen molar-refractivity contribution < 1.29 is 18.7 Å². The predicted octanol–water partition coefficient (Wildman–Crippen LogP) is 5.96. The molecule has 0 radical (unpaired) electrons. The van der Waals surface area contributed by atoms with Crippen molar-refractivity contribution in [2.75, 3.05) is 31.1 Å². The fraction of sp³-hybridized carbons (Fsp3) is 0.258. The monoisotopic (exact) mass is 578 g/mol. The molecule has 1 aliphatic heterocycles. The molecule has 7 nitrogen and oxygen atoms in total. The lowest BCUT2D eigenvalue weighted by Gasteiger charge is -2.35. The molecule has 1 aromatic heterocycles. The number of anilines is 1. The van der Waals surface area contributed by atoms with Crippen LogP contribution in [0.1, 0.15) is 30.9 Å². The third kappa shape index (κ3) is 4.84. The largest absolute Gasteiger partial charge is 0.507 e. The van der Waals surface area contributed by atoms with Crippen LogP contribution < -0.4 is 10.6 Å². The molecule has 1 fully saturated rings. The number of carbonyl (C=O) groups is 1. The molecule has 0 aliphatic carbocycles. The minimum atomic E-state index is -0.966. The normalized spacial score (nSPS) is 13.7. The molecule has 0 saturated carbocycles. The number of carbonyl (C=O) groups excluding carboxylic acids is 1. The van der Waals surface area contributed by atoms with Crippen LogP contribution in [0.4, 0.5) is 14.6 Å². The number of fused-ring (bicyclic) bond motifs is 1. The number of benzene rings is 3. The maximum Gasteiger partial charge on any atom is 0.354 e. The molecule has 10 heteroatoms. The van der Waals surface area contributed by atoms with Crippen LogP contribution in [0.5, 0.6) is 5.75 Å². The van der Waals surface area contributed by atoms with Crippen LogP contribution in [0.2, 0.25) is 5.02 Å². The third-order valence-electron chi connectivity index (χ3n) is 7.47. The smallest absolute Gasteiger partial charge is 0.354 e. The number of amides is 1. The molecule has 1 saturated heterocycles. The van der Waals surface area contributed by atoms with Crippen LogP contribution in [-0.4, -0.2) is 51.6 Å². The lowest BCUT2D eigenvalue weighted by molar-refractivity contribution is -0.126. The molecule has 0 spiro atoms. The summed E-state index contributed by atoms with van der Waals surface area (Å²) in [4.78, 5) is 33.8. The van der Waals surface area contributed by atoms with Crippen molar-refractivity contribution in [2.24, 2.45) is 0 Å². The summed E-state index contributed by atoms with van der Waals surface area (Å²) in [5, 5.41) is 10.6. The quantitative estimate of drug-likeness (QED) is 0.296. The molecule has 3 aromatic carbocycles. The van der Waals surface area contributed by atoms with Gasteiger partial charge in [-0.15, -0.1) is 0 Å². The van der Waals surface area contributed by atoms with Crippen molar-refractivity contribution in [3.63, 3.8) is 0 Å². The Morgan fingerprint density at radius 3 is 2.41 bits per heavy atom. The van der Waals surface area contributed by atoms with E-state index in [1.54, 1.807) is 9.80 Å². The van der Waals surface area contributed by atoms with Gasteiger partial charge in [-0.2, -0.15) is 4.98 Å². The molecule has 1 amide bonds. The molecular weight excluding hydrogens is 550 g/mol. The van der Waals surface area contributed by atoms with Gasteiger partial charge in [0.05, 0.1) is 21.8 Å². The Hall–Kier alpha value is -4.24. The minimum absolute atomic E-state index is 0.0209. The number of hydrogen-bond acceptors (Lipinski definition) is 5. The Balaban J connectivity index is 1.86. The van der Waals surface area contributed by atoms with E-state index in [1.807, 2.05) is 39.0 Å². The molecule has 1 aliphatic rings. The van der Waals surface area contributed by atoms with Gasteiger partial charge in [0.15, 0.2) is 5.82 Å². The molecule has 212 valence electrons. The van der Waals surface area contributed by atoms with E-state index in [0.29, 0.717) is 31.9 Å². The fourth-order valence-electron chi connectivity index (χ4n) is 5.45. The zero-order valence-electron chi connectivity index (χ0n) is 22.9. The summed E-state index contributed by atoms with van der Waals surface area (Å²) >= 11 is 6.62. The van der Waals surface area contributed by atoms with E-state index >= 15 is 8.78 Å². The van der Waals surface area contributed by atoms with Crippen LogP contribution in [-0.2, 0) is 4.79 Å². The molecule has 1 N–H and O–H groups in total. The van der Waals surface area contributed by atoms with Gasteiger partial charge in [0.2, 0.25) is 5.91 Å². The number of phenols is 1. The van der Waals surface area contributed by atoms with Crippen molar-refractivity contribution in [2.45, 2.75) is 26.7 Å². The molecule has 0 atom stereocenters. The van der Waals surface area contributed by atoms with Crippen molar-refractivity contribution in [3.8, 4) is 22.6 Å². The predicted molar refractivity (Wildman–Crippen MR) is 157 cm³/mol. The van der Waals surface area contributed by atoms with Crippen LogP contribution in [0.15, 0.2) is 59.9 Å². The Morgan fingerprint density at radius 1 is 1.10 bits per heavy atom. The fourth-order valence-corrected chi connectivity index (χ4v) is 5.74. The third-order valence-corrected chi connectivity index (χ3v) is 7.77. The highest BCUT2D eigenvalue weighted by Crippen LogP contribution is 2.43. The highest BCUT2D eigenvalue weighted by atomic mass is 35.5. The van der Waals surface area contributed by atoms with Crippen LogP contribution >= 0.6 is 11.6 Å². The standard InChI is InChI=1S/C31H29ClF2N4O3/c1-5-24(40)36-12-14-37(15-13-36)30-20-16-21(32)25(26-22(33)10-7-11-23(26)39)27(34)29(20)38(31(41)35-30)28-18(4)8-6-9-19(28)17(2)3/h5-11,16-17,39H,1,12-15H2,2-4H3. The molecule has 0 bridgehead atoms. The molecular formula is C31H29ClF2N4O3. The van der Waals surface area contributed by atoms with Crippen molar-refractivity contribution in [1.29, 1.82) is 0 Å². The minimum Gasteiger partial charge on any atom is -0.507 e. The first-order valence-corrected chi connectivity index (χ1v) is 13.6. The Bertz CT molecular complexity index is 1740. The summed E-state index contributed by atoms with van der Waals surface area (Å²) in [5.74, 6) is -2.34. The topological polar surface area (TPSA) is 78.7 Å². The zero-order chi connectivity index (χ0) is 29.6. The lowest BCUT2D eigenvalue weighted by Crippen LogP contribution is -2.49. The van der Waals surface area contributed by atoms with E-state index in [4.69, 9.17) is 11.6 Å². The second-order valence-electron chi connectivity index (χ2n) is 10.3. The lowest BCUT2D eigenvalue weighted by atomic mass is 9.97. The summed E-state index contributed by atoms with van der Waals surface area (Å²) in [6.07, 6.45) is 1.24. The van der Waals surface area contributed by atoms with Gasteiger partial charge in [0.25, 0.3) is 0 Å². The van der Waals surface area contributed by atoms with E-state index in [-0.39, 0.29) is 39.1 Å². The average Bonchev–Trinajstić information content (AvgIpc) is 2.94. The number of aromatic nitrogens is 2. The summed E-state index contributed by atoms with van der Waals surface area (Å²) in [6.45, 7) is 10.7. The molecule has 0 unspecified atom stereocenters. The Kier molecular flexibility index (Phi) is 7.57. The number of aryl methyl sites for hydroxylation is 1. The van der Waals surface area contributed by atoms with Gasteiger partial charge in [-0.1, -0.05) is 56.3 Å². The van der Waals surface area contributed by atoms with Gasteiger partial charge in [-0.3, -0.25) is 9.36 Å². The second kappa shape index (κ2) is 11.0. The molecule has 5 rings (SSSR count). The van der Waals surface area contributed by atoms with Crippen LogP contribution in [0.3, 0.4) is 0 Å². The summed E-state index contributed by atoms with van der Waals surface area (Å²) in [5.41, 5.74) is 0.365. The van der Waals surface area contributed by atoms with Gasteiger partial charge in [-0.05, 0) is 48.2 Å². The first-order chi connectivity index (χ1) is 19.5. The number of rotatable bonds is 5. The van der Waals surface area contributed by atoms with E-state index in [0.717, 1.165) is 17.2 Å². The van der Waals surface area contributed by atoms with E-state index in [2.05, 4.69) is 11.6 Å². The van der Waals surface area contributed by atoms with E-state index < -0.39 is 28.6 Å². The van der Waals surface area contributed by atoms with Gasteiger partial charge >= 0.3 is 5.69 Å². The first kappa shape index (κ1) is 28.3. The SMILES string of the molecule is C=CC(=O)N1CCN(c2nc(=O)n(-c3c(C)cccc3C(C)C)c3c(F)c(-c4c(O)cccc4F)c(Cl)cc23)CC1. The second-order valence-corrected chi connectivity index (χ2v) is 10.7. The summed E-state index contributed by atoms with van der Waals surface area (Å²) in [7, 11) is 0. The average molecular weight is 579 g/mol. The van der Waals surface area contributed by atoms with Gasteiger partial charge < -0.3 is 14.9 Å². The number of nitrogens with zero attached hydrogens (tertiary/aromatic N) is 4. The van der Waals surface area contributed by atoms with Crippen molar-refractivity contribution in [3.05, 3.63) is 93.4 Å².